The van der Waals surface area contributed by atoms with Gasteiger partial charge in [-0.05, 0) is 41.9 Å². The molecule has 11 heteroatoms. The van der Waals surface area contributed by atoms with Crippen molar-refractivity contribution in [3.8, 4) is 5.75 Å². The first-order valence-corrected chi connectivity index (χ1v) is 11.9. The number of primary amides is 1. The Kier molecular flexibility index (Phi) is 6.37. The van der Waals surface area contributed by atoms with Gasteiger partial charge in [-0.25, -0.2) is 4.79 Å². The molecule has 0 unspecified atom stereocenters. The van der Waals surface area contributed by atoms with E-state index < -0.39 is 63.8 Å². The number of carbonyl (C=O) groups excluding carboxylic acids is 4. The molecule has 8 N–H and O–H groups in total. The molecule has 0 spiro atoms. The molecule has 0 heterocycles. The van der Waals surface area contributed by atoms with Crippen molar-refractivity contribution in [2.75, 3.05) is 11.9 Å². The van der Waals surface area contributed by atoms with Gasteiger partial charge in [0.15, 0.2) is 11.4 Å². The molecule has 1 fully saturated rings. The van der Waals surface area contributed by atoms with E-state index in [1.165, 1.54) is 6.08 Å². The van der Waals surface area contributed by atoms with Crippen molar-refractivity contribution in [1.29, 1.82) is 0 Å². The van der Waals surface area contributed by atoms with Gasteiger partial charge in [-0.1, -0.05) is 19.9 Å². The predicted octanol–water partition coefficient (Wildman–Crippen LogP) is 1.85. The number of amides is 3. The number of hydrogen-bond donors (Lipinski definition) is 7. The fourth-order valence-electron chi connectivity index (χ4n) is 5.66. The zero-order valence-electron chi connectivity index (χ0n) is 20.4. The molecule has 0 aromatic heterocycles. The second kappa shape index (κ2) is 9.07. The lowest BCUT2D eigenvalue weighted by atomic mass is 9.59. The number of urea groups is 1. The van der Waals surface area contributed by atoms with Crippen molar-refractivity contribution < 1.29 is 39.6 Å². The van der Waals surface area contributed by atoms with Gasteiger partial charge in [0.05, 0.1) is 11.3 Å². The molecule has 37 heavy (non-hydrogen) atoms. The van der Waals surface area contributed by atoms with Crippen LogP contribution in [-0.4, -0.2) is 56.1 Å². The summed E-state index contributed by atoms with van der Waals surface area (Å²) in [6.45, 7) is 7.47. The number of aliphatic hydroxyl groups is 3. The van der Waals surface area contributed by atoms with Gasteiger partial charge in [0.25, 0.3) is 5.91 Å². The number of hydrogen-bond acceptors (Lipinski definition) is 8. The standard InChI is InChI=1S/C26H29N3O8/c1-4-5-28-25(36)29-15-9-13(10(2)3)14-7-11-6-12-8-16(30)19(24(27)35)23(34)26(12,37)22(33)17(11)21(32)18(14)20(15)31/h4,9-12,31-32,34,37H,1,5-8H2,2-3H3,(H2,27,35)(H2,28,29,36)/t11-,12+,26+/m1/s1. The molecule has 196 valence electrons. The van der Waals surface area contributed by atoms with Crippen LogP contribution in [0.15, 0.2) is 35.6 Å². The van der Waals surface area contributed by atoms with E-state index in [1.807, 2.05) is 13.8 Å². The van der Waals surface area contributed by atoms with E-state index in [2.05, 4.69) is 17.2 Å². The molecule has 3 aliphatic carbocycles. The molecule has 0 bridgehead atoms. The maximum absolute atomic E-state index is 13.6. The van der Waals surface area contributed by atoms with Gasteiger partial charge in [0.1, 0.15) is 22.8 Å². The maximum atomic E-state index is 13.6. The van der Waals surface area contributed by atoms with Gasteiger partial charge in [-0.3, -0.25) is 14.4 Å². The average molecular weight is 512 g/mol. The van der Waals surface area contributed by atoms with Gasteiger partial charge >= 0.3 is 6.03 Å². The molecule has 3 aliphatic rings. The number of anilines is 1. The number of Topliss-reactive ketones (excluding diaryl/α,β-unsaturated/α-hetero) is 2. The lowest BCUT2D eigenvalue weighted by Gasteiger charge is -2.46. The number of carbonyl (C=O) groups is 4. The summed E-state index contributed by atoms with van der Waals surface area (Å²) in [5.41, 5.74) is 2.69. The number of rotatable bonds is 5. The number of nitrogens with one attached hydrogen (secondary N) is 2. The number of nitrogens with two attached hydrogens (primary N) is 1. The van der Waals surface area contributed by atoms with Gasteiger partial charge in [-0.15, -0.1) is 6.58 Å². The second-order valence-corrected chi connectivity index (χ2v) is 9.90. The van der Waals surface area contributed by atoms with Crippen LogP contribution in [0.5, 0.6) is 5.75 Å². The van der Waals surface area contributed by atoms with Crippen LogP contribution in [0.1, 0.15) is 49.3 Å². The van der Waals surface area contributed by atoms with E-state index in [0.717, 1.165) is 0 Å². The van der Waals surface area contributed by atoms with Crippen LogP contribution in [0.3, 0.4) is 0 Å². The lowest BCUT2D eigenvalue weighted by molar-refractivity contribution is -0.147. The van der Waals surface area contributed by atoms with Crippen LogP contribution in [-0.2, 0) is 20.8 Å². The molecule has 3 atom stereocenters. The van der Waals surface area contributed by atoms with Crippen LogP contribution in [0.25, 0.3) is 5.76 Å². The molecule has 4 rings (SSSR count). The minimum absolute atomic E-state index is 0.00326. The fourth-order valence-corrected chi connectivity index (χ4v) is 5.66. The summed E-state index contributed by atoms with van der Waals surface area (Å²) in [5.74, 6) is -7.11. The number of benzene rings is 1. The van der Waals surface area contributed by atoms with Crippen molar-refractivity contribution in [3.63, 3.8) is 0 Å². The van der Waals surface area contributed by atoms with Crippen molar-refractivity contribution in [2.24, 2.45) is 17.6 Å². The Morgan fingerprint density at radius 2 is 1.92 bits per heavy atom. The Morgan fingerprint density at radius 1 is 1.24 bits per heavy atom. The summed E-state index contributed by atoms with van der Waals surface area (Å²) in [4.78, 5) is 50.1. The number of phenols is 1. The van der Waals surface area contributed by atoms with E-state index in [4.69, 9.17) is 5.73 Å². The highest BCUT2D eigenvalue weighted by Crippen LogP contribution is 2.53. The molecule has 3 amide bonds. The van der Waals surface area contributed by atoms with Crippen molar-refractivity contribution in [1.82, 2.24) is 5.32 Å². The molecular weight excluding hydrogens is 482 g/mol. The molecule has 1 aromatic carbocycles. The molecule has 11 nitrogen and oxygen atoms in total. The molecule has 0 radical (unpaired) electrons. The van der Waals surface area contributed by atoms with Gasteiger partial charge in [0.2, 0.25) is 5.78 Å². The maximum Gasteiger partial charge on any atom is 0.319 e. The van der Waals surface area contributed by atoms with Gasteiger partial charge < -0.3 is 36.8 Å². The third kappa shape index (κ3) is 3.86. The molecular formula is C26H29N3O8. The first-order valence-electron chi connectivity index (χ1n) is 11.9. The number of ketones is 2. The minimum atomic E-state index is -2.63. The highest BCUT2D eigenvalue weighted by molar-refractivity contribution is 6.22. The largest absolute Gasteiger partial charge is 0.508 e. The highest BCUT2D eigenvalue weighted by Gasteiger charge is 2.60. The minimum Gasteiger partial charge on any atom is -0.508 e. The van der Waals surface area contributed by atoms with E-state index >= 15 is 0 Å². The quantitative estimate of drug-likeness (QED) is 0.176. The summed E-state index contributed by atoms with van der Waals surface area (Å²) in [5, 5.41) is 49.4. The van der Waals surface area contributed by atoms with Crippen LogP contribution in [0.2, 0.25) is 0 Å². The summed E-state index contributed by atoms with van der Waals surface area (Å²) in [6, 6.07) is 0.973. The molecule has 0 saturated heterocycles. The normalized spacial score (nSPS) is 24.9. The summed E-state index contributed by atoms with van der Waals surface area (Å²) >= 11 is 0. The smallest absolute Gasteiger partial charge is 0.319 e. The van der Waals surface area contributed by atoms with Crippen molar-refractivity contribution in [2.45, 2.75) is 44.6 Å². The Hall–Kier alpha value is -4.12. The second-order valence-electron chi connectivity index (χ2n) is 9.90. The van der Waals surface area contributed by atoms with E-state index in [0.29, 0.717) is 11.1 Å². The highest BCUT2D eigenvalue weighted by atomic mass is 16.3. The third-order valence-electron chi connectivity index (χ3n) is 7.38. The SMILES string of the molecule is C=CCNC(=O)Nc1cc(C(C)C)c2c(c1O)C(O)=C1C(=O)[C@]3(O)C(O)=C(C(N)=O)C(=O)C[C@@H]3C[C@@H]1C2. The Balaban J connectivity index is 1.89. The van der Waals surface area contributed by atoms with Crippen LogP contribution in [0.4, 0.5) is 10.5 Å². The summed E-state index contributed by atoms with van der Waals surface area (Å²) in [6.07, 6.45) is 1.33. The zero-order valence-corrected chi connectivity index (χ0v) is 20.4. The lowest BCUT2D eigenvalue weighted by Crippen LogP contribution is -2.58. The average Bonchev–Trinajstić information content (AvgIpc) is 2.81. The monoisotopic (exact) mass is 511 g/mol. The van der Waals surface area contributed by atoms with Crippen LogP contribution < -0.4 is 16.4 Å². The zero-order chi connectivity index (χ0) is 27.4. The summed E-state index contributed by atoms with van der Waals surface area (Å²) in [7, 11) is 0. The Bertz CT molecular complexity index is 1330. The van der Waals surface area contributed by atoms with Crippen molar-refractivity contribution in [3.05, 3.63) is 52.3 Å². The van der Waals surface area contributed by atoms with Crippen LogP contribution in [0, 0.1) is 11.8 Å². The number of aliphatic hydroxyl groups excluding tert-OH is 2. The summed E-state index contributed by atoms with van der Waals surface area (Å²) < 4.78 is 0. The third-order valence-corrected chi connectivity index (χ3v) is 7.38. The predicted molar refractivity (Wildman–Crippen MR) is 133 cm³/mol. The van der Waals surface area contributed by atoms with E-state index in [1.54, 1.807) is 6.07 Å². The topological polar surface area (TPSA) is 199 Å². The fraction of sp³-hybridized carbons (Fsp3) is 0.385. The first-order chi connectivity index (χ1) is 17.3. The Morgan fingerprint density at radius 3 is 2.51 bits per heavy atom. The van der Waals surface area contributed by atoms with E-state index in [-0.39, 0.29) is 48.5 Å². The number of aromatic hydroxyl groups is 1. The Labute approximate surface area is 212 Å². The van der Waals surface area contributed by atoms with E-state index in [9.17, 15) is 39.6 Å². The van der Waals surface area contributed by atoms with Crippen LogP contribution >= 0.6 is 0 Å². The van der Waals surface area contributed by atoms with Crippen molar-refractivity contribution >= 4 is 35.0 Å². The molecule has 0 aliphatic heterocycles. The molecule has 1 saturated carbocycles. The molecule has 1 aromatic rings. The van der Waals surface area contributed by atoms with Gasteiger partial charge in [-0.2, -0.15) is 0 Å². The number of phenolic OH excluding ortho intramolecular Hbond substituents is 1. The van der Waals surface area contributed by atoms with Gasteiger partial charge in [0, 0.05) is 24.5 Å². The first kappa shape index (κ1) is 26.0. The number of fused-ring (bicyclic) bond motifs is 3.